The second kappa shape index (κ2) is 13.9. The molecule has 0 atom stereocenters. The third-order valence-electron chi connectivity index (χ3n) is 9.52. The minimum atomic E-state index is -0.107. The summed E-state index contributed by atoms with van der Waals surface area (Å²) in [6, 6.07) is 47.6. The number of fused-ring (bicyclic) bond motifs is 8. The highest BCUT2D eigenvalue weighted by Crippen LogP contribution is 2.38. The lowest BCUT2D eigenvalue weighted by Crippen LogP contribution is -2.11. The number of nitrogens with zero attached hydrogens (tertiary/aromatic N) is 2. The Labute approximate surface area is 314 Å². The van der Waals surface area contributed by atoms with Crippen LogP contribution in [0.2, 0.25) is 0 Å². The molecule has 7 aromatic rings. The van der Waals surface area contributed by atoms with Crippen LogP contribution in [0.5, 0.6) is 0 Å². The molecule has 0 saturated carbocycles. The van der Waals surface area contributed by atoms with Gasteiger partial charge in [0.05, 0.1) is 28.1 Å². The summed E-state index contributed by atoms with van der Waals surface area (Å²) in [4.78, 5) is 30.4. The summed E-state index contributed by atoms with van der Waals surface area (Å²) in [5.74, 6) is -0.107. The summed E-state index contributed by atoms with van der Waals surface area (Å²) >= 11 is 3.24. The first-order valence-electron chi connectivity index (χ1n) is 17.4. The van der Waals surface area contributed by atoms with Crippen molar-refractivity contribution in [2.45, 2.75) is 0 Å². The molecule has 8 bridgehead atoms. The zero-order valence-corrected chi connectivity index (χ0v) is 30.1. The number of carbonyl (C=O) groups is 1. The highest BCUT2D eigenvalue weighted by Gasteiger charge is 2.19. The molecule has 0 unspecified atom stereocenters. The fourth-order valence-corrected chi connectivity index (χ4v) is 7.29. The Morgan fingerprint density at radius 3 is 1.09 bits per heavy atom. The molecule has 0 saturated heterocycles. The van der Waals surface area contributed by atoms with E-state index >= 15 is 0 Å². The fourth-order valence-electron chi connectivity index (χ4n) is 7.15. The number of rotatable bonds is 6. The summed E-state index contributed by atoms with van der Waals surface area (Å²) in [7, 11) is 0. The SMILES string of the molecule is O=C(CBr)Nc1ccc(-c2c3nc(c(-c4ccccc4)c4ccc([nH]4)c(-c4ccccc4)c4nc(c(-c5ccccc5)c5ccc2[nH]5)C=C4)C=C3)cc1. The third kappa shape index (κ3) is 6.21. The van der Waals surface area contributed by atoms with E-state index < -0.39 is 0 Å². The van der Waals surface area contributed by atoms with Crippen LogP contribution in [0, 0.1) is 0 Å². The number of halogens is 1. The van der Waals surface area contributed by atoms with Gasteiger partial charge >= 0.3 is 0 Å². The largest absolute Gasteiger partial charge is 0.354 e. The fraction of sp³-hybridized carbons (Fsp3) is 0.0217. The van der Waals surface area contributed by atoms with Crippen molar-refractivity contribution in [3.63, 3.8) is 0 Å². The quantitative estimate of drug-likeness (QED) is 0.148. The van der Waals surface area contributed by atoms with Crippen molar-refractivity contribution in [2.24, 2.45) is 0 Å². The second-order valence-corrected chi connectivity index (χ2v) is 13.4. The average molecular weight is 751 g/mol. The van der Waals surface area contributed by atoms with Gasteiger partial charge in [0.15, 0.2) is 0 Å². The molecule has 0 aliphatic carbocycles. The number of nitrogens with one attached hydrogen (secondary N) is 3. The van der Waals surface area contributed by atoms with Crippen molar-refractivity contribution in [1.82, 2.24) is 19.9 Å². The van der Waals surface area contributed by atoms with E-state index in [0.717, 1.165) is 95.0 Å². The first-order chi connectivity index (χ1) is 26.1. The molecule has 2 aliphatic rings. The van der Waals surface area contributed by atoms with Crippen LogP contribution in [0.1, 0.15) is 22.8 Å². The lowest BCUT2D eigenvalue weighted by molar-refractivity contribution is -0.113. The van der Waals surface area contributed by atoms with E-state index in [1.54, 1.807) is 0 Å². The number of aromatic amines is 2. The molecule has 0 radical (unpaired) electrons. The van der Waals surface area contributed by atoms with Crippen LogP contribution in [0.4, 0.5) is 5.69 Å². The van der Waals surface area contributed by atoms with Crippen molar-refractivity contribution < 1.29 is 4.79 Å². The zero-order valence-electron chi connectivity index (χ0n) is 28.5. The van der Waals surface area contributed by atoms with Gasteiger partial charge in [-0.3, -0.25) is 4.79 Å². The maximum Gasteiger partial charge on any atom is 0.235 e. The molecular weight excluding hydrogens is 718 g/mol. The van der Waals surface area contributed by atoms with Crippen molar-refractivity contribution in [1.29, 1.82) is 0 Å². The van der Waals surface area contributed by atoms with Crippen LogP contribution in [0.25, 0.3) is 90.9 Å². The average Bonchev–Trinajstić information content (AvgIpc) is 4.05. The molecule has 254 valence electrons. The van der Waals surface area contributed by atoms with E-state index in [2.05, 4.69) is 153 Å². The molecule has 1 amide bonds. The van der Waals surface area contributed by atoms with Crippen LogP contribution in [0.15, 0.2) is 140 Å². The van der Waals surface area contributed by atoms with Gasteiger partial charge in [-0.2, -0.15) is 0 Å². The van der Waals surface area contributed by atoms with Crippen molar-refractivity contribution in [3.8, 4) is 44.5 Å². The molecule has 53 heavy (non-hydrogen) atoms. The van der Waals surface area contributed by atoms with Crippen LogP contribution in [-0.4, -0.2) is 31.2 Å². The second-order valence-electron chi connectivity index (χ2n) is 12.9. The normalized spacial score (nSPS) is 11.9. The van der Waals surface area contributed by atoms with Crippen LogP contribution in [-0.2, 0) is 4.79 Å². The Hall–Kier alpha value is -6.57. The molecule has 3 aromatic heterocycles. The summed E-state index contributed by atoms with van der Waals surface area (Å²) < 4.78 is 0. The smallest absolute Gasteiger partial charge is 0.235 e. The van der Waals surface area contributed by atoms with Crippen molar-refractivity contribution in [2.75, 3.05) is 10.6 Å². The zero-order chi connectivity index (χ0) is 35.7. The monoisotopic (exact) mass is 749 g/mol. The predicted molar refractivity (Wildman–Crippen MR) is 223 cm³/mol. The number of carbonyl (C=O) groups excluding carboxylic acids is 1. The van der Waals surface area contributed by atoms with E-state index in [9.17, 15) is 4.79 Å². The maximum absolute atomic E-state index is 12.1. The Morgan fingerprint density at radius 2 is 0.774 bits per heavy atom. The first kappa shape index (κ1) is 32.3. The van der Waals surface area contributed by atoms with Crippen molar-refractivity contribution in [3.05, 3.63) is 162 Å². The molecule has 3 N–H and O–H groups in total. The molecule has 0 fully saturated rings. The van der Waals surface area contributed by atoms with Gasteiger partial charge in [0.25, 0.3) is 0 Å². The van der Waals surface area contributed by atoms with Gasteiger partial charge in [-0.25, -0.2) is 9.97 Å². The number of alkyl halides is 1. The molecule has 4 aromatic carbocycles. The standard InChI is InChI=1S/C46H32BrN5O/c47-28-42(53)48-33-18-16-32(17-19-33)46-40-26-24-38(51-40)44(30-12-6-2-7-13-30)36-22-20-34(49-36)43(29-10-4-1-5-11-29)35-21-23-37(50-35)45(31-14-8-3-9-15-31)39-25-27-41(46)52-39/h1-27,49,52H,28H2,(H,48,53). The highest BCUT2D eigenvalue weighted by molar-refractivity contribution is 9.09. The van der Waals surface area contributed by atoms with E-state index in [1.807, 2.05) is 42.5 Å². The molecule has 6 nitrogen and oxygen atoms in total. The molecule has 5 heterocycles. The predicted octanol–water partition coefficient (Wildman–Crippen LogP) is 11.7. The number of H-pyrrole nitrogens is 2. The van der Waals surface area contributed by atoms with Gasteiger partial charge in [-0.05, 0) is 83.0 Å². The lowest BCUT2D eigenvalue weighted by Gasteiger charge is -2.08. The van der Waals surface area contributed by atoms with E-state index in [4.69, 9.17) is 9.97 Å². The molecule has 2 aliphatic heterocycles. The van der Waals surface area contributed by atoms with E-state index in [1.165, 1.54) is 0 Å². The minimum Gasteiger partial charge on any atom is -0.354 e. The number of hydrogen-bond donors (Lipinski definition) is 3. The van der Waals surface area contributed by atoms with Crippen LogP contribution in [0.3, 0.4) is 0 Å². The highest BCUT2D eigenvalue weighted by atomic mass is 79.9. The molecule has 9 rings (SSSR count). The minimum absolute atomic E-state index is 0.107. The Balaban J connectivity index is 1.42. The number of hydrogen-bond acceptors (Lipinski definition) is 3. The van der Waals surface area contributed by atoms with Gasteiger partial charge < -0.3 is 15.3 Å². The van der Waals surface area contributed by atoms with Gasteiger partial charge in [-0.1, -0.05) is 119 Å². The molecule has 0 spiro atoms. The number of amides is 1. The number of anilines is 1. The van der Waals surface area contributed by atoms with Crippen LogP contribution < -0.4 is 5.32 Å². The van der Waals surface area contributed by atoms with E-state index in [-0.39, 0.29) is 11.2 Å². The van der Waals surface area contributed by atoms with E-state index in [0.29, 0.717) is 0 Å². The van der Waals surface area contributed by atoms with Gasteiger partial charge in [0, 0.05) is 50.0 Å². The molecule has 7 heteroatoms. The summed E-state index contributed by atoms with van der Waals surface area (Å²) in [5.41, 5.74) is 16.0. The van der Waals surface area contributed by atoms with Gasteiger partial charge in [0.1, 0.15) is 0 Å². The lowest BCUT2D eigenvalue weighted by atomic mass is 10.0. The van der Waals surface area contributed by atoms with Gasteiger partial charge in [0.2, 0.25) is 5.91 Å². The number of aromatic nitrogens is 4. The summed E-state index contributed by atoms with van der Waals surface area (Å²) in [5, 5.41) is 3.16. The molecular formula is C46H32BrN5O. The van der Waals surface area contributed by atoms with Crippen LogP contribution >= 0.6 is 15.9 Å². The van der Waals surface area contributed by atoms with Crippen molar-refractivity contribution >= 4 is 73.9 Å². The maximum atomic E-state index is 12.1. The Morgan fingerprint density at radius 1 is 0.453 bits per heavy atom. The Bertz CT molecular complexity index is 2690. The summed E-state index contributed by atoms with van der Waals surface area (Å²) in [6.07, 6.45) is 8.41. The summed E-state index contributed by atoms with van der Waals surface area (Å²) in [6.45, 7) is 0. The Kier molecular flexibility index (Phi) is 8.46. The van der Waals surface area contributed by atoms with Gasteiger partial charge in [-0.15, -0.1) is 0 Å². The number of benzene rings is 4. The third-order valence-corrected chi connectivity index (χ3v) is 10.0. The topological polar surface area (TPSA) is 86.5 Å². The first-order valence-corrected chi connectivity index (χ1v) is 18.5.